The highest BCUT2D eigenvalue weighted by atomic mass is 32.3. The molecule has 0 aliphatic rings. The summed E-state index contributed by atoms with van der Waals surface area (Å²) in [6, 6.07) is 0. The van der Waals surface area contributed by atoms with Crippen LogP contribution in [-0.2, 0) is 0 Å². The summed E-state index contributed by atoms with van der Waals surface area (Å²) < 4.78 is 1.31. The van der Waals surface area contributed by atoms with Crippen molar-refractivity contribution in [1.29, 1.82) is 0 Å². The predicted octanol–water partition coefficient (Wildman–Crippen LogP) is 2.50. The van der Waals surface area contributed by atoms with E-state index in [1.807, 2.05) is 6.92 Å². The first-order chi connectivity index (χ1) is 4.50. The molecule has 3 heteroatoms. The standard InChI is InChI=1S/C7H13NS2/c1-6-5-9-7(8-6)10(2,3)4/h5H,1-4H3. The maximum Gasteiger partial charge on any atom is 0.132 e. The number of hydrogen-bond donors (Lipinski definition) is 0. The van der Waals surface area contributed by atoms with Gasteiger partial charge in [0.25, 0.3) is 0 Å². The van der Waals surface area contributed by atoms with Crippen LogP contribution in [0.15, 0.2) is 9.72 Å². The van der Waals surface area contributed by atoms with E-state index < -0.39 is 10.0 Å². The average Bonchev–Trinajstić information content (AvgIpc) is 2.11. The first-order valence-electron chi connectivity index (χ1n) is 3.10. The summed E-state index contributed by atoms with van der Waals surface area (Å²) in [6.45, 7) is 2.05. The van der Waals surface area contributed by atoms with E-state index in [4.69, 9.17) is 0 Å². The van der Waals surface area contributed by atoms with Crippen molar-refractivity contribution in [1.82, 2.24) is 4.98 Å². The number of thiazole rings is 1. The fourth-order valence-corrected chi connectivity index (χ4v) is 2.85. The Morgan fingerprint density at radius 1 is 1.40 bits per heavy atom. The third kappa shape index (κ3) is 1.73. The highest BCUT2D eigenvalue weighted by Crippen LogP contribution is 2.46. The third-order valence-electron chi connectivity index (χ3n) is 1.12. The van der Waals surface area contributed by atoms with Crippen molar-refractivity contribution >= 4 is 21.4 Å². The van der Waals surface area contributed by atoms with Crippen LogP contribution in [0.5, 0.6) is 0 Å². The van der Waals surface area contributed by atoms with Crippen LogP contribution in [0.4, 0.5) is 0 Å². The summed E-state index contributed by atoms with van der Waals surface area (Å²) >= 11 is 1.78. The lowest BCUT2D eigenvalue weighted by molar-refractivity contribution is 1.15. The van der Waals surface area contributed by atoms with Crippen molar-refractivity contribution in [3.63, 3.8) is 0 Å². The van der Waals surface area contributed by atoms with Crippen LogP contribution in [0.3, 0.4) is 0 Å². The smallest absolute Gasteiger partial charge is 0.132 e. The fraction of sp³-hybridized carbons (Fsp3) is 0.571. The maximum atomic E-state index is 4.44. The van der Waals surface area contributed by atoms with E-state index in [1.165, 1.54) is 4.34 Å². The van der Waals surface area contributed by atoms with Gasteiger partial charge in [-0.2, -0.15) is 10.0 Å². The molecule has 0 atom stereocenters. The van der Waals surface area contributed by atoms with Gasteiger partial charge in [0.1, 0.15) is 4.34 Å². The molecule has 0 fully saturated rings. The van der Waals surface area contributed by atoms with Gasteiger partial charge in [0.2, 0.25) is 0 Å². The Morgan fingerprint density at radius 2 is 2.00 bits per heavy atom. The Kier molecular flexibility index (Phi) is 2.06. The van der Waals surface area contributed by atoms with Crippen molar-refractivity contribution < 1.29 is 0 Å². The van der Waals surface area contributed by atoms with Crippen molar-refractivity contribution in [3.05, 3.63) is 11.1 Å². The Labute approximate surface area is 67.8 Å². The minimum absolute atomic E-state index is 0.575. The molecule has 1 aromatic heterocycles. The third-order valence-corrected chi connectivity index (χ3v) is 4.80. The van der Waals surface area contributed by atoms with Crippen molar-refractivity contribution in [2.24, 2.45) is 0 Å². The van der Waals surface area contributed by atoms with Crippen LogP contribution in [0.1, 0.15) is 5.69 Å². The maximum absolute atomic E-state index is 4.44. The molecular weight excluding hydrogens is 162 g/mol. The summed E-state index contributed by atoms with van der Waals surface area (Å²) in [5, 5.41) is 2.12. The summed E-state index contributed by atoms with van der Waals surface area (Å²) in [5.74, 6) is 0. The first-order valence-corrected chi connectivity index (χ1v) is 6.84. The van der Waals surface area contributed by atoms with E-state index in [-0.39, 0.29) is 0 Å². The molecule has 58 valence electrons. The van der Waals surface area contributed by atoms with Crippen LogP contribution in [0, 0.1) is 6.92 Å². The molecule has 0 unspecified atom stereocenters. The molecule has 0 aliphatic heterocycles. The Morgan fingerprint density at radius 3 is 2.20 bits per heavy atom. The Hall–Kier alpha value is -0.0200. The SMILES string of the molecule is Cc1csc(S(C)(C)C)n1. The normalized spacial score (nSPS) is 13.6. The second-order valence-electron chi connectivity index (χ2n) is 3.09. The largest absolute Gasteiger partial charge is 0.237 e. The van der Waals surface area contributed by atoms with Crippen LogP contribution in [0.2, 0.25) is 0 Å². The molecule has 10 heavy (non-hydrogen) atoms. The van der Waals surface area contributed by atoms with Crippen LogP contribution < -0.4 is 0 Å². The van der Waals surface area contributed by atoms with Gasteiger partial charge in [-0.3, -0.25) is 0 Å². The molecule has 0 N–H and O–H groups in total. The molecule has 0 spiro atoms. The molecule has 0 aliphatic carbocycles. The molecule has 0 aromatic carbocycles. The van der Waals surface area contributed by atoms with Gasteiger partial charge in [-0.25, -0.2) is 4.98 Å². The molecule has 1 aromatic rings. The molecule has 1 rings (SSSR count). The first kappa shape index (κ1) is 8.08. The second-order valence-corrected chi connectivity index (χ2v) is 8.27. The van der Waals surface area contributed by atoms with Crippen molar-refractivity contribution in [2.75, 3.05) is 18.8 Å². The molecule has 0 radical (unpaired) electrons. The number of hydrogen-bond acceptors (Lipinski definition) is 2. The Bertz CT molecular complexity index is 222. The lowest BCUT2D eigenvalue weighted by Crippen LogP contribution is -1.91. The minimum atomic E-state index is -0.575. The summed E-state index contributed by atoms with van der Waals surface area (Å²) in [4.78, 5) is 4.44. The minimum Gasteiger partial charge on any atom is -0.237 e. The van der Waals surface area contributed by atoms with E-state index in [0.29, 0.717) is 0 Å². The lowest BCUT2D eigenvalue weighted by atomic mass is 10.6. The number of aryl methyl sites for hydroxylation is 1. The zero-order valence-electron chi connectivity index (χ0n) is 6.84. The topological polar surface area (TPSA) is 12.9 Å². The van der Waals surface area contributed by atoms with Gasteiger partial charge in [0, 0.05) is 11.1 Å². The van der Waals surface area contributed by atoms with E-state index in [2.05, 4.69) is 29.1 Å². The average molecular weight is 175 g/mol. The van der Waals surface area contributed by atoms with Crippen molar-refractivity contribution in [3.8, 4) is 0 Å². The van der Waals surface area contributed by atoms with E-state index in [1.54, 1.807) is 11.3 Å². The predicted molar refractivity (Wildman–Crippen MR) is 50.5 cm³/mol. The van der Waals surface area contributed by atoms with Gasteiger partial charge in [-0.1, -0.05) is 0 Å². The highest BCUT2D eigenvalue weighted by molar-refractivity contribution is 8.33. The molecular formula is C7H13NS2. The summed E-state index contributed by atoms with van der Waals surface area (Å²) in [6.07, 6.45) is 6.81. The van der Waals surface area contributed by atoms with E-state index in [9.17, 15) is 0 Å². The number of aromatic nitrogens is 1. The highest BCUT2D eigenvalue weighted by Gasteiger charge is 2.10. The quantitative estimate of drug-likeness (QED) is 0.639. The zero-order valence-corrected chi connectivity index (χ0v) is 8.47. The second kappa shape index (κ2) is 2.55. The molecule has 1 heterocycles. The van der Waals surface area contributed by atoms with Gasteiger partial charge in [0.05, 0.1) is 0 Å². The van der Waals surface area contributed by atoms with Crippen LogP contribution in [0.25, 0.3) is 0 Å². The van der Waals surface area contributed by atoms with Gasteiger partial charge < -0.3 is 0 Å². The van der Waals surface area contributed by atoms with Crippen molar-refractivity contribution in [2.45, 2.75) is 11.3 Å². The van der Waals surface area contributed by atoms with E-state index in [0.717, 1.165) is 5.69 Å². The van der Waals surface area contributed by atoms with Crippen LogP contribution >= 0.6 is 21.4 Å². The molecule has 0 saturated heterocycles. The van der Waals surface area contributed by atoms with Gasteiger partial charge in [-0.15, -0.1) is 11.3 Å². The fourth-order valence-electron chi connectivity index (χ4n) is 0.614. The van der Waals surface area contributed by atoms with Crippen LogP contribution in [-0.4, -0.2) is 23.8 Å². The van der Waals surface area contributed by atoms with E-state index >= 15 is 0 Å². The van der Waals surface area contributed by atoms with Gasteiger partial charge in [0.15, 0.2) is 0 Å². The molecule has 0 amide bonds. The lowest BCUT2D eigenvalue weighted by Gasteiger charge is -2.20. The monoisotopic (exact) mass is 175 g/mol. The molecule has 1 nitrogen and oxygen atoms in total. The number of nitrogens with zero attached hydrogens (tertiary/aromatic N) is 1. The van der Waals surface area contributed by atoms with Gasteiger partial charge in [-0.05, 0) is 25.7 Å². The van der Waals surface area contributed by atoms with Gasteiger partial charge >= 0.3 is 0 Å². The Balaban J connectivity index is 2.96. The molecule has 0 bridgehead atoms. The molecule has 0 saturated carbocycles. The number of rotatable bonds is 1. The summed E-state index contributed by atoms with van der Waals surface area (Å²) in [5.41, 5.74) is 1.16. The zero-order chi connectivity index (χ0) is 7.78. The summed E-state index contributed by atoms with van der Waals surface area (Å²) in [7, 11) is -0.575.